The summed E-state index contributed by atoms with van der Waals surface area (Å²) in [5.74, 6) is 0. The Labute approximate surface area is 289 Å². The molecule has 0 radical (unpaired) electrons. The predicted molar refractivity (Wildman–Crippen MR) is 193 cm³/mol. The zero-order valence-electron chi connectivity index (χ0n) is 30.6. The Balaban J connectivity index is 0. The van der Waals surface area contributed by atoms with Crippen LogP contribution in [-0.4, -0.2) is 54.1 Å². The average molecular weight is 691 g/mol. The van der Waals surface area contributed by atoms with Gasteiger partial charge >= 0.3 is 0 Å². The topological polar surface area (TPSA) is 40.5 Å². The Morgan fingerprint density at radius 3 is 0.636 bits per heavy atom. The van der Waals surface area contributed by atoms with Crippen LogP contribution in [0, 0.1) is 0 Å². The van der Waals surface area contributed by atoms with Gasteiger partial charge in [-0.1, -0.05) is 194 Å². The van der Waals surface area contributed by atoms with Gasteiger partial charge in [0.15, 0.2) is 0 Å². The molecule has 44 heavy (non-hydrogen) atoms. The molecule has 2 N–H and O–H groups in total. The summed E-state index contributed by atoms with van der Waals surface area (Å²) in [4.78, 5) is 0. The Morgan fingerprint density at radius 1 is 0.273 bits per heavy atom. The maximum absolute atomic E-state index is 9.80. The van der Waals surface area contributed by atoms with Crippen LogP contribution >= 0.6 is 0 Å². The number of unbranched alkanes of at least 4 members (excludes halogenated alkanes) is 30. The lowest BCUT2D eigenvalue weighted by Gasteiger charge is -2.38. The number of rotatable bonds is 38. The highest BCUT2D eigenvalue weighted by atomic mass is 79.9. The van der Waals surface area contributed by atoms with Gasteiger partial charge in [0.1, 0.15) is 13.1 Å². The summed E-state index contributed by atoms with van der Waals surface area (Å²) in [7, 11) is 0. The molecule has 0 saturated carbocycles. The number of quaternary nitrogens is 1. The fraction of sp³-hybridized carbons (Fsp3) is 1.00. The Kier molecular flexibility index (Phi) is 41.8. The third-order valence-corrected chi connectivity index (χ3v) is 10.1. The van der Waals surface area contributed by atoms with Gasteiger partial charge in [-0.3, -0.25) is 0 Å². The van der Waals surface area contributed by atoms with Crippen LogP contribution in [0.1, 0.15) is 219 Å². The van der Waals surface area contributed by atoms with E-state index in [-0.39, 0.29) is 30.2 Å². The van der Waals surface area contributed by atoms with Crippen molar-refractivity contribution >= 4 is 0 Å². The van der Waals surface area contributed by atoms with E-state index in [1.54, 1.807) is 0 Å². The highest BCUT2D eigenvalue weighted by Crippen LogP contribution is 2.18. The molecule has 0 aliphatic heterocycles. The predicted octanol–water partition coefficient (Wildman–Crippen LogP) is 9.31. The van der Waals surface area contributed by atoms with Crippen molar-refractivity contribution < 1.29 is 31.7 Å². The van der Waals surface area contributed by atoms with E-state index in [1.807, 2.05) is 0 Å². The Hall–Kier alpha value is 0.360. The van der Waals surface area contributed by atoms with Crippen LogP contribution < -0.4 is 17.0 Å². The summed E-state index contributed by atoms with van der Waals surface area (Å²) >= 11 is 0. The number of aliphatic hydroxyl groups excluding tert-OH is 2. The maximum Gasteiger partial charge on any atom is 0.102 e. The van der Waals surface area contributed by atoms with Crippen molar-refractivity contribution in [1.29, 1.82) is 0 Å². The second kappa shape index (κ2) is 39.5. The van der Waals surface area contributed by atoms with Gasteiger partial charge in [-0.05, 0) is 25.7 Å². The van der Waals surface area contributed by atoms with E-state index in [0.717, 1.165) is 30.7 Å². The van der Waals surface area contributed by atoms with E-state index < -0.39 is 0 Å². The molecule has 0 rings (SSSR count). The molecule has 0 fully saturated rings. The van der Waals surface area contributed by atoms with Gasteiger partial charge < -0.3 is 31.7 Å². The summed E-state index contributed by atoms with van der Waals surface area (Å²) in [6, 6.07) is 0. The first-order valence-corrected chi connectivity index (χ1v) is 20.3. The first-order valence-electron chi connectivity index (χ1n) is 20.3. The van der Waals surface area contributed by atoms with E-state index in [1.165, 1.54) is 205 Å². The zero-order valence-corrected chi connectivity index (χ0v) is 32.2. The minimum Gasteiger partial charge on any atom is -1.00 e. The molecule has 0 aliphatic carbocycles. The second-order valence-electron chi connectivity index (χ2n) is 14.3. The molecule has 0 heterocycles. The third kappa shape index (κ3) is 33.7. The van der Waals surface area contributed by atoms with E-state index in [0.29, 0.717) is 0 Å². The van der Waals surface area contributed by atoms with Gasteiger partial charge in [-0.2, -0.15) is 0 Å². The van der Waals surface area contributed by atoms with E-state index in [2.05, 4.69) is 13.8 Å². The van der Waals surface area contributed by atoms with Gasteiger partial charge in [0.2, 0.25) is 0 Å². The quantitative estimate of drug-likeness (QED) is 0.0501. The monoisotopic (exact) mass is 690 g/mol. The van der Waals surface area contributed by atoms with Gasteiger partial charge in [0.05, 0.1) is 26.3 Å². The minimum atomic E-state index is 0. The molecule has 0 saturated heterocycles. The van der Waals surface area contributed by atoms with E-state index in [4.69, 9.17) is 0 Å². The van der Waals surface area contributed by atoms with Crippen LogP contribution in [0.4, 0.5) is 0 Å². The largest absolute Gasteiger partial charge is 1.00 e. The molecule has 0 spiro atoms. The van der Waals surface area contributed by atoms with Crippen LogP contribution in [0.25, 0.3) is 0 Å². The lowest BCUT2D eigenvalue weighted by molar-refractivity contribution is -0.929. The van der Waals surface area contributed by atoms with E-state index in [9.17, 15) is 10.2 Å². The Morgan fingerprint density at radius 2 is 0.455 bits per heavy atom. The minimum absolute atomic E-state index is 0. The molecule has 0 aromatic carbocycles. The summed E-state index contributed by atoms with van der Waals surface area (Å²) in [5.41, 5.74) is 0. The SMILES string of the molecule is CCCCCCCCCCCCCCCCCC[N+](CCO)(CCO)CCCCCCCCCCCCCCCCCC.[Br-]. The normalized spacial score (nSPS) is 11.7. The molecule has 0 aromatic heterocycles. The average Bonchev–Trinajstić information content (AvgIpc) is 3.01. The molecule has 4 heteroatoms. The number of nitrogens with zero attached hydrogens (tertiary/aromatic N) is 1. The molecule has 0 unspecified atom stereocenters. The summed E-state index contributed by atoms with van der Waals surface area (Å²) in [6.07, 6.45) is 45.0. The molecule has 0 aliphatic rings. The molecule has 0 bridgehead atoms. The fourth-order valence-corrected chi connectivity index (χ4v) is 7.09. The van der Waals surface area contributed by atoms with Crippen molar-refractivity contribution in [3.63, 3.8) is 0 Å². The molecular weight excluding hydrogens is 606 g/mol. The fourth-order valence-electron chi connectivity index (χ4n) is 7.09. The molecule has 0 amide bonds. The second-order valence-corrected chi connectivity index (χ2v) is 14.3. The van der Waals surface area contributed by atoms with Crippen molar-refractivity contribution in [2.24, 2.45) is 0 Å². The third-order valence-electron chi connectivity index (χ3n) is 10.1. The van der Waals surface area contributed by atoms with Gasteiger partial charge in [0.25, 0.3) is 0 Å². The molecule has 268 valence electrons. The van der Waals surface area contributed by atoms with Crippen molar-refractivity contribution in [1.82, 2.24) is 0 Å². The van der Waals surface area contributed by atoms with Crippen LogP contribution in [0.2, 0.25) is 0 Å². The smallest absolute Gasteiger partial charge is 0.102 e. The van der Waals surface area contributed by atoms with Crippen LogP contribution in [0.3, 0.4) is 0 Å². The molecule has 3 nitrogen and oxygen atoms in total. The first kappa shape index (κ1) is 46.5. The summed E-state index contributed by atoms with van der Waals surface area (Å²) < 4.78 is 0.935. The van der Waals surface area contributed by atoms with Crippen molar-refractivity contribution in [2.75, 3.05) is 39.4 Å². The lowest BCUT2D eigenvalue weighted by Crippen LogP contribution is -3.00. The van der Waals surface area contributed by atoms with Crippen molar-refractivity contribution in [2.45, 2.75) is 219 Å². The number of hydrogen-bond acceptors (Lipinski definition) is 2. The van der Waals surface area contributed by atoms with Crippen LogP contribution in [0.15, 0.2) is 0 Å². The number of halogens is 1. The van der Waals surface area contributed by atoms with Crippen molar-refractivity contribution in [3.8, 4) is 0 Å². The number of aliphatic hydroxyl groups is 2. The first-order chi connectivity index (χ1) is 21.2. The standard InChI is InChI=1S/C40H84NO2.BrH/c1-3-5-7-9-11-13-15-17-19-21-23-25-27-29-31-33-35-41(37-39-42,38-40-43)36-34-32-30-28-26-24-22-20-18-16-14-12-10-8-6-4-2;/h42-43H,3-40H2,1-2H3;1H/q+1;/p-1. The number of hydrogen-bond donors (Lipinski definition) is 2. The highest BCUT2D eigenvalue weighted by molar-refractivity contribution is 4.54. The highest BCUT2D eigenvalue weighted by Gasteiger charge is 2.25. The van der Waals surface area contributed by atoms with E-state index >= 15 is 0 Å². The molecule has 0 aromatic rings. The Bertz CT molecular complexity index is 460. The van der Waals surface area contributed by atoms with Crippen molar-refractivity contribution in [3.05, 3.63) is 0 Å². The van der Waals surface area contributed by atoms with Gasteiger partial charge in [-0.25, -0.2) is 0 Å². The van der Waals surface area contributed by atoms with Crippen LogP contribution in [0.5, 0.6) is 0 Å². The van der Waals surface area contributed by atoms with Gasteiger partial charge in [-0.15, -0.1) is 0 Å². The maximum atomic E-state index is 9.80. The van der Waals surface area contributed by atoms with Crippen LogP contribution in [-0.2, 0) is 0 Å². The summed E-state index contributed by atoms with van der Waals surface area (Å²) in [6.45, 7) is 9.00. The lowest BCUT2D eigenvalue weighted by atomic mass is 10.0. The molecule has 0 atom stereocenters. The van der Waals surface area contributed by atoms with Gasteiger partial charge in [0, 0.05) is 0 Å². The summed E-state index contributed by atoms with van der Waals surface area (Å²) in [5, 5.41) is 19.6. The molecular formula is C40H84BrNO2. The zero-order chi connectivity index (χ0) is 31.4.